The van der Waals surface area contributed by atoms with Gasteiger partial charge in [0.05, 0.1) is 18.7 Å². The maximum Gasteiger partial charge on any atom is 0.158 e. The molecule has 5 nitrogen and oxygen atoms in total. The van der Waals surface area contributed by atoms with Gasteiger partial charge in [-0.05, 0) is 30.5 Å². The number of carboxylic acid groups (broad SMARTS) is 1. The molecule has 3 rings (SSSR count). The highest BCUT2D eigenvalue weighted by molar-refractivity contribution is 6.00. The van der Waals surface area contributed by atoms with E-state index in [9.17, 15) is 9.90 Å². The van der Waals surface area contributed by atoms with Gasteiger partial charge in [0.1, 0.15) is 0 Å². The summed E-state index contributed by atoms with van der Waals surface area (Å²) in [5.41, 5.74) is 3.71. The van der Waals surface area contributed by atoms with E-state index in [2.05, 4.69) is 41.3 Å². The molecule has 0 amide bonds. The van der Waals surface area contributed by atoms with Gasteiger partial charge in [-0.25, -0.2) is 9.67 Å². The minimum Gasteiger partial charge on any atom is -0.545 e. The predicted octanol–water partition coefficient (Wildman–Crippen LogP) is 1.71. The first-order valence-electron chi connectivity index (χ1n) is 7.21. The Balaban J connectivity index is 2.02. The average Bonchev–Trinajstić information content (AvgIpc) is 2.90. The minimum atomic E-state index is -1.21. The second-order valence-corrected chi connectivity index (χ2v) is 5.31. The SMILES string of the molecule is CCc1ccc(Cn2ncc3c(C(=O)[O-])cc(C)nc32)cc1. The van der Waals surface area contributed by atoms with Gasteiger partial charge in [-0.3, -0.25) is 0 Å². The van der Waals surface area contributed by atoms with Crippen LogP contribution in [0.4, 0.5) is 0 Å². The summed E-state index contributed by atoms with van der Waals surface area (Å²) < 4.78 is 1.72. The third-order valence-electron chi connectivity index (χ3n) is 3.72. The Bertz CT molecular complexity index is 835. The molecule has 0 radical (unpaired) electrons. The number of carbonyl (C=O) groups excluding carboxylic acids is 1. The average molecular weight is 294 g/mol. The van der Waals surface area contributed by atoms with Crippen molar-refractivity contribution in [1.82, 2.24) is 14.8 Å². The van der Waals surface area contributed by atoms with Gasteiger partial charge in [0, 0.05) is 16.6 Å². The van der Waals surface area contributed by atoms with E-state index >= 15 is 0 Å². The normalized spacial score (nSPS) is 11.0. The topological polar surface area (TPSA) is 70.8 Å². The molecule has 2 heterocycles. The van der Waals surface area contributed by atoms with Crippen LogP contribution in [0.3, 0.4) is 0 Å². The number of hydrogen-bond donors (Lipinski definition) is 0. The molecule has 0 fully saturated rings. The molecule has 0 N–H and O–H groups in total. The highest BCUT2D eigenvalue weighted by Gasteiger charge is 2.11. The summed E-state index contributed by atoms with van der Waals surface area (Å²) in [5.74, 6) is -1.21. The molecule has 0 atom stereocenters. The summed E-state index contributed by atoms with van der Waals surface area (Å²) in [6.45, 7) is 4.43. The van der Waals surface area contributed by atoms with Gasteiger partial charge in [0.25, 0.3) is 0 Å². The van der Waals surface area contributed by atoms with Crippen molar-refractivity contribution in [3.63, 3.8) is 0 Å². The predicted molar refractivity (Wildman–Crippen MR) is 81.5 cm³/mol. The lowest BCUT2D eigenvalue weighted by molar-refractivity contribution is -0.254. The van der Waals surface area contributed by atoms with E-state index < -0.39 is 5.97 Å². The van der Waals surface area contributed by atoms with Gasteiger partial charge in [-0.2, -0.15) is 5.10 Å². The van der Waals surface area contributed by atoms with Gasteiger partial charge in [0.15, 0.2) is 5.65 Å². The smallest absolute Gasteiger partial charge is 0.158 e. The Hall–Kier alpha value is -2.69. The van der Waals surface area contributed by atoms with E-state index in [-0.39, 0.29) is 5.56 Å². The van der Waals surface area contributed by atoms with E-state index in [4.69, 9.17) is 0 Å². The van der Waals surface area contributed by atoms with Crippen molar-refractivity contribution in [2.45, 2.75) is 26.8 Å². The van der Waals surface area contributed by atoms with E-state index in [1.807, 2.05) is 0 Å². The number of pyridine rings is 1. The number of carboxylic acids is 1. The third kappa shape index (κ3) is 2.57. The quantitative estimate of drug-likeness (QED) is 0.734. The van der Waals surface area contributed by atoms with Crippen LogP contribution in [0, 0.1) is 6.92 Å². The fourth-order valence-electron chi connectivity index (χ4n) is 2.51. The number of nitrogens with zero attached hydrogens (tertiary/aromatic N) is 3. The number of rotatable bonds is 4. The molecule has 0 bridgehead atoms. The van der Waals surface area contributed by atoms with Crippen LogP contribution >= 0.6 is 0 Å². The van der Waals surface area contributed by atoms with Gasteiger partial charge in [-0.15, -0.1) is 0 Å². The Labute approximate surface area is 128 Å². The van der Waals surface area contributed by atoms with E-state index in [0.717, 1.165) is 12.0 Å². The first-order valence-corrected chi connectivity index (χ1v) is 7.21. The second kappa shape index (κ2) is 5.60. The molecule has 0 unspecified atom stereocenters. The fraction of sp³-hybridized carbons (Fsp3) is 0.235. The first kappa shape index (κ1) is 14.3. The summed E-state index contributed by atoms with van der Waals surface area (Å²) in [4.78, 5) is 15.6. The van der Waals surface area contributed by atoms with E-state index in [1.165, 1.54) is 17.8 Å². The fourth-order valence-corrected chi connectivity index (χ4v) is 2.51. The first-order chi connectivity index (χ1) is 10.6. The molecule has 0 aliphatic carbocycles. The molecular weight excluding hydrogens is 278 g/mol. The Morgan fingerprint density at radius 3 is 2.55 bits per heavy atom. The van der Waals surface area contributed by atoms with Crippen molar-refractivity contribution in [2.24, 2.45) is 0 Å². The number of benzene rings is 1. The van der Waals surface area contributed by atoms with Crippen LogP contribution in [0.25, 0.3) is 11.0 Å². The molecule has 0 aliphatic rings. The summed E-state index contributed by atoms with van der Waals surface area (Å²) in [5, 5.41) is 16.0. The standard InChI is InChI=1S/C17H17N3O2/c1-3-12-4-6-13(7-5-12)10-20-16-15(9-18-20)14(17(21)22)8-11(2)19-16/h4-9H,3,10H2,1-2H3,(H,21,22)/p-1. The zero-order chi connectivity index (χ0) is 15.7. The zero-order valence-electron chi connectivity index (χ0n) is 12.5. The zero-order valence-corrected chi connectivity index (χ0v) is 12.5. The van der Waals surface area contributed by atoms with Crippen LogP contribution in [0.5, 0.6) is 0 Å². The molecule has 0 saturated heterocycles. The molecule has 22 heavy (non-hydrogen) atoms. The molecule has 5 heteroatoms. The van der Waals surface area contributed by atoms with Gasteiger partial charge in [-0.1, -0.05) is 31.2 Å². The maximum atomic E-state index is 11.2. The molecule has 2 aromatic heterocycles. The van der Waals surface area contributed by atoms with Crippen LogP contribution in [-0.2, 0) is 13.0 Å². The maximum absolute atomic E-state index is 11.2. The van der Waals surface area contributed by atoms with E-state index in [0.29, 0.717) is 23.3 Å². The minimum absolute atomic E-state index is 0.134. The Morgan fingerprint density at radius 1 is 1.23 bits per heavy atom. The monoisotopic (exact) mass is 294 g/mol. The lowest BCUT2D eigenvalue weighted by Crippen LogP contribution is -2.22. The van der Waals surface area contributed by atoms with Crippen molar-refractivity contribution >= 4 is 17.0 Å². The Morgan fingerprint density at radius 2 is 1.91 bits per heavy atom. The Kier molecular flexibility index (Phi) is 3.63. The molecule has 3 aromatic rings. The lowest BCUT2D eigenvalue weighted by Gasteiger charge is -2.08. The molecular formula is C17H16N3O2-. The largest absolute Gasteiger partial charge is 0.545 e. The molecule has 0 spiro atoms. The highest BCUT2D eigenvalue weighted by Crippen LogP contribution is 2.19. The third-order valence-corrected chi connectivity index (χ3v) is 3.72. The van der Waals surface area contributed by atoms with Gasteiger partial charge >= 0.3 is 0 Å². The number of hydrogen-bond acceptors (Lipinski definition) is 4. The van der Waals surface area contributed by atoms with Crippen molar-refractivity contribution in [1.29, 1.82) is 0 Å². The molecule has 112 valence electrons. The number of carbonyl (C=O) groups is 1. The summed E-state index contributed by atoms with van der Waals surface area (Å²) in [6, 6.07) is 9.81. The number of fused-ring (bicyclic) bond motifs is 1. The van der Waals surface area contributed by atoms with Crippen molar-refractivity contribution < 1.29 is 9.90 Å². The van der Waals surface area contributed by atoms with Gasteiger partial charge < -0.3 is 9.90 Å². The molecule has 1 aromatic carbocycles. The van der Waals surface area contributed by atoms with Crippen LogP contribution < -0.4 is 5.11 Å². The van der Waals surface area contributed by atoms with Crippen molar-refractivity contribution in [2.75, 3.05) is 0 Å². The number of aryl methyl sites for hydroxylation is 2. The number of aromatic nitrogens is 3. The van der Waals surface area contributed by atoms with Crippen LogP contribution in [0.1, 0.15) is 34.1 Å². The molecule has 0 saturated carbocycles. The van der Waals surface area contributed by atoms with Crippen LogP contribution in [0.15, 0.2) is 36.5 Å². The van der Waals surface area contributed by atoms with Gasteiger partial charge in [0.2, 0.25) is 0 Å². The summed E-state index contributed by atoms with van der Waals surface area (Å²) in [6.07, 6.45) is 2.54. The van der Waals surface area contributed by atoms with Crippen molar-refractivity contribution in [3.05, 3.63) is 58.9 Å². The number of aromatic carboxylic acids is 1. The summed E-state index contributed by atoms with van der Waals surface area (Å²) in [7, 11) is 0. The van der Waals surface area contributed by atoms with Crippen LogP contribution in [-0.4, -0.2) is 20.7 Å². The van der Waals surface area contributed by atoms with E-state index in [1.54, 1.807) is 11.6 Å². The van der Waals surface area contributed by atoms with Crippen LogP contribution in [0.2, 0.25) is 0 Å². The highest BCUT2D eigenvalue weighted by atomic mass is 16.4. The molecule has 0 aliphatic heterocycles. The second-order valence-electron chi connectivity index (χ2n) is 5.31. The van der Waals surface area contributed by atoms with Crippen molar-refractivity contribution in [3.8, 4) is 0 Å². The summed E-state index contributed by atoms with van der Waals surface area (Å²) >= 11 is 0. The lowest BCUT2D eigenvalue weighted by atomic mass is 10.1.